The second kappa shape index (κ2) is 8.46. The number of aromatic nitrogens is 1. The third-order valence-electron chi connectivity index (χ3n) is 6.22. The van der Waals surface area contributed by atoms with Crippen LogP contribution >= 0.6 is 11.6 Å². The molecular formula is C23H31ClN2O2. The van der Waals surface area contributed by atoms with Crippen LogP contribution in [0.2, 0.25) is 5.02 Å². The minimum Gasteiger partial charge on any atom is -0.368 e. The number of amides is 1. The van der Waals surface area contributed by atoms with Gasteiger partial charge in [0, 0.05) is 28.2 Å². The van der Waals surface area contributed by atoms with E-state index in [9.17, 15) is 4.79 Å². The molecule has 2 aliphatic rings. The van der Waals surface area contributed by atoms with Crippen LogP contribution in [0.25, 0.3) is 10.9 Å². The summed E-state index contributed by atoms with van der Waals surface area (Å²) in [4.78, 5) is 18.7. The molecule has 0 radical (unpaired) electrons. The van der Waals surface area contributed by atoms with Gasteiger partial charge in [0.2, 0.25) is 5.91 Å². The summed E-state index contributed by atoms with van der Waals surface area (Å²) in [5.41, 5.74) is 3.61. The molecular weight excluding hydrogens is 372 g/mol. The lowest BCUT2D eigenvalue weighted by Gasteiger charge is -2.37. The maximum absolute atomic E-state index is 13.1. The van der Waals surface area contributed by atoms with Gasteiger partial charge in [-0.3, -0.25) is 4.79 Å². The number of benzene rings is 1. The van der Waals surface area contributed by atoms with Crippen LogP contribution in [0, 0.1) is 5.92 Å². The number of hydrogen-bond donors (Lipinski definition) is 1. The third-order valence-corrected chi connectivity index (χ3v) is 6.46. The highest BCUT2D eigenvalue weighted by Crippen LogP contribution is 2.38. The fourth-order valence-electron chi connectivity index (χ4n) is 4.83. The number of nitrogens with zero attached hydrogens (tertiary/aromatic N) is 1. The first-order valence-electron chi connectivity index (χ1n) is 10.7. The molecule has 1 saturated carbocycles. The van der Waals surface area contributed by atoms with Crippen LogP contribution in [0.1, 0.15) is 69.7 Å². The number of ether oxygens (including phenoxy) is 1. The van der Waals surface area contributed by atoms with Gasteiger partial charge in [-0.05, 0) is 55.4 Å². The van der Waals surface area contributed by atoms with Crippen molar-refractivity contribution < 1.29 is 9.53 Å². The molecule has 2 aromatic rings. The number of rotatable bonds is 5. The summed E-state index contributed by atoms with van der Waals surface area (Å²) in [5.74, 6) is 0.624. The van der Waals surface area contributed by atoms with Crippen molar-refractivity contribution in [2.45, 2.75) is 70.9 Å². The van der Waals surface area contributed by atoms with Gasteiger partial charge in [-0.25, -0.2) is 0 Å². The van der Waals surface area contributed by atoms with Crippen LogP contribution in [0.3, 0.4) is 0 Å². The van der Waals surface area contributed by atoms with Crippen molar-refractivity contribution in [3.63, 3.8) is 0 Å². The Hall–Kier alpha value is -1.52. The summed E-state index contributed by atoms with van der Waals surface area (Å²) in [5, 5.41) is 1.95. The second-order valence-electron chi connectivity index (χ2n) is 8.76. The van der Waals surface area contributed by atoms with E-state index in [1.807, 2.05) is 23.1 Å². The Morgan fingerprint density at radius 2 is 2.07 bits per heavy atom. The van der Waals surface area contributed by atoms with Crippen LogP contribution in [0.15, 0.2) is 18.2 Å². The van der Waals surface area contributed by atoms with Crippen molar-refractivity contribution in [3.05, 3.63) is 34.5 Å². The summed E-state index contributed by atoms with van der Waals surface area (Å²) < 4.78 is 6.00. The highest BCUT2D eigenvalue weighted by Gasteiger charge is 2.34. The lowest BCUT2D eigenvalue weighted by atomic mass is 9.91. The minimum atomic E-state index is 0.0809. The molecule has 1 atom stereocenters. The van der Waals surface area contributed by atoms with E-state index in [0.29, 0.717) is 5.92 Å². The monoisotopic (exact) mass is 402 g/mol. The zero-order valence-electron chi connectivity index (χ0n) is 17.0. The van der Waals surface area contributed by atoms with E-state index in [1.54, 1.807) is 0 Å². The lowest BCUT2D eigenvalue weighted by Crippen LogP contribution is -2.43. The first-order chi connectivity index (χ1) is 13.5. The summed E-state index contributed by atoms with van der Waals surface area (Å²) in [6, 6.07) is 6.09. The van der Waals surface area contributed by atoms with Crippen molar-refractivity contribution in [2.75, 3.05) is 13.2 Å². The molecule has 0 spiro atoms. The van der Waals surface area contributed by atoms with E-state index in [-0.39, 0.29) is 24.7 Å². The Labute approximate surface area is 172 Å². The molecule has 1 unspecified atom stereocenters. The summed E-state index contributed by atoms with van der Waals surface area (Å²) >= 11 is 6.24. The van der Waals surface area contributed by atoms with Gasteiger partial charge in [0.1, 0.15) is 6.61 Å². The van der Waals surface area contributed by atoms with Crippen LogP contribution in [0.4, 0.5) is 0 Å². The normalized spacial score (nSPS) is 20.7. The SMILES string of the molecule is CC(C)CC1c2[nH]c3ccc(Cl)cc3c2CCN1C(=O)COC1CCCCC1. The predicted molar refractivity (Wildman–Crippen MR) is 114 cm³/mol. The largest absolute Gasteiger partial charge is 0.368 e. The number of fused-ring (bicyclic) bond motifs is 3. The number of carbonyl (C=O) groups is 1. The number of H-pyrrole nitrogens is 1. The van der Waals surface area contributed by atoms with Crippen molar-refractivity contribution >= 4 is 28.4 Å². The lowest BCUT2D eigenvalue weighted by molar-refractivity contribution is -0.142. The quantitative estimate of drug-likeness (QED) is 0.703. The average molecular weight is 403 g/mol. The Morgan fingerprint density at radius 1 is 1.29 bits per heavy atom. The first-order valence-corrected chi connectivity index (χ1v) is 11.1. The number of halogens is 1. The first kappa shape index (κ1) is 19.8. The fourth-order valence-corrected chi connectivity index (χ4v) is 5.00. The molecule has 4 rings (SSSR count). The van der Waals surface area contributed by atoms with Crippen molar-refractivity contribution in [3.8, 4) is 0 Å². The number of nitrogens with one attached hydrogen (secondary N) is 1. The molecule has 1 aliphatic heterocycles. The molecule has 1 aromatic carbocycles. The smallest absolute Gasteiger partial charge is 0.249 e. The molecule has 1 aliphatic carbocycles. The molecule has 1 amide bonds. The van der Waals surface area contributed by atoms with Gasteiger partial charge in [0.15, 0.2) is 0 Å². The highest BCUT2D eigenvalue weighted by atomic mass is 35.5. The molecule has 1 N–H and O–H groups in total. The minimum absolute atomic E-state index is 0.0809. The van der Waals surface area contributed by atoms with E-state index in [1.165, 1.54) is 35.9 Å². The molecule has 4 nitrogen and oxygen atoms in total. The van der Waals surface area contributed by atoms with Gasteiger partial charge in [-0.15, -0.1) is 0 Å². The Bertz CT molecular complexity index is 838. The topological polar surface area (TPSA) is 45.3 Å². The Kier molecular flexibility index (Phi) is 5.98. The zero-order valence-corrected chi connectivity index (χ0v) is 17.7. The summed E-state index contributed by atoms with van der Waals surface area (Å²) in [7, 11) is 0. The predicted octanol–water partition coefficient (Wildman–Crippen LogP) is 5.64. The maximum atomic E-state index is 13.1. The molecule has 0 bridgehead atoms. The third kappa shape index (κ3) is 4.08. The van der Waals surface area contributed by atoms with Crippen molar-refractivity contribution in [2.24, 2.45) is 5.92 Å². The maximum Gasteiger partial charge on any atom is 0.249 e. The average Bonchev–Trinajstić information content (AvgIpc) is 3.05. The summed E-state index contributed by atoms with van der Waals surface area (Å²) in [6.45, 7) is 5.39. The van der Waals surface area contributed by atoms with Crippen molar-refractivity contribution in [1.29, 1.82) is 0 Å². The molecule has 0 saturated heterocycles. The van der Waals surface area contributed by atoms with Crippen LogP contribution in [-0.2, 0) is 16.0 Å². The molecule has 1 fully saturated rings. The fraction of sp³-hybridized carbons (Fsp3) is 0.609. The van der Waals surface area contributed by atoms with E-state index >= 15 is 0 Å². The standard InChI is InChI=1S/C23H31ClN2O2/c1-15(2)12-21-23-18(19-13-16(24)8-9-20(19)25-23)10-11-26(21)22(27)14-28-17-6-4-3-5-7-17/h8-9,13,15,17,21,25H,3-7,10-12,14H2,1-2H3. The van der Waals surface area contributed by atoms with E-state index in [0.717, 1.165) is 42.8 Å². The van der Waals surface area contributed by atoms with Gasteiger partial charge in [0.25, 0.3) is 0 Å². The second-order valence-corrected chi connectivity index (χ2v) is 9.20. The van der Waals surface area contributed by atoms with Gasteiger partial charge in [0.05, 0.1) is 12.1 Å². The number of carbonyl (C=O) groups excluding carboxylic acids is 1. The number of hydrogen-bond acceptors (Lipinski definition) is 2. The molecule has 28 heavy (non-hydrogen) atoms. The van der Waals surface area contributed by atoms with E-state index in [4.69, 9.17) is 16.3 Å². The van der Waals surface area contributed by atoms with E-state index in [2.05, 4.69) is 18.8 Å². The van der Waals surface area contributed by atoms with Crippen molar-refractivity contribution in [1.82, 2.24) is 9.88 Å². The van der Waals surface area contributed by atoms with Gasteiger partial charge >= 0.3 is 0 Å². The van der Waals surface area contributed by atoms with Gasteiger partial charge in [-0.1, -0.05) is 44.7 Å². The Balaban J connectivity index is 1.56. The Morgan fingerprint density at radius 3 is 2.82 bits per heavy atom. The molecule has 2 heterocycles. The molecule has 5 heteroatoms. The zero-order chi connectivity index (χ0) is 19.7. The summed E-state index contributed by atoms with van der Waals surface area (Å²) in [6.07, 6.45) is 7.99. The van der Waals surface area contributed by atoms with Crippen LogP contribution in [-0.4, -0.2) is 35.0 Å². The number of aromatic amines is 1. The van der Waals surface area contributed by atoms with Crippen LogP contribution < -0.4 is 0 Å². The van der Waals surface area contributed by atoms with E-state index < -0.39 is 0 Å². The molecule has 152 valence electrons. The van der Waals surface area contributed by atoms with Crippen LogP contribution in [0.5, 0.6) is 0 Å². The van der Waals surface area contributed by atoms with Gasteiger partial charge in [-0.2, -0.15) is 0 Å². The van der Waals surface area contributed by atoms with Gasteiger partial charge < -0.3 is 14.6 Å². The highest BCUT2D eigenvalue weighted by molar-refractivity contribution is 6.31. The molecule has 1 aromatic heterocycles.